The van der Waals surface area contributed by atoms with Crippen molar-refractivity contribution in [3.8, 4) is 0 Å². The first kappa shape index (κ1) is 22.5. The van der Waals surface area contributed by atoms with Gasteiger partial charge < -0.3 is 0 Å². The Kier molecular flexibility index (Phi) is 5.62. The predicted molar refractivity (Wildman–Crippen MR) is 122 cm³/mol. The summed E-state index contributed by atoms with van der Waals surface area (Å²) in [5, 5.41) is 0. The van der Waals surface area contributed by atoms with Crippen LogP contribution in [0.15, 0.2) is 78.9 Å². The molecular formula is C27H23F3N2O2. The number of carbonyl (C=O) groups is 2. The molecule has 5 rings (SSSR count). The molecule has 3 aromatic rings. The average Bonchev–Trinajstić information content (AvgIpc) is 3.07. The molecule has 0 spiro atoms. The van der Waals surface area contributed by atoms with Gasteiger partial charge in [0.2, 0.25) is 0 Å². The molecule has 0 bridgehead atoms. The van der Waals surface area contributed by atoms with Crippen molar-refractivity contribution in [1.82, 2.24) is 9.80 Å². The third-order valence-corrected chi connectivity index (χ3v) is 6.83. The molecule has 1 aliphatic carbocycles. The molecule has 1 fully saturated rings. The summed E-state index contributed by atoms with van der Waals surface area (Å²) in [6.45, 7) is 1.81. The number of Topliss-reactive ketones (excluding diaryl/α,β-unsaturated/α-hetero) is 2. The summed E-state index contributed by atoms with van der Waals surface area (Å²) in [6, 6.07) is 21.5. The van der Waals surface area contributed by atoms with Crippen molar-refractivity contribution in [3.63, 3.8) is 0 Å². The lowest BCUT2D eigenvalue weighted by atomic mass is 9.82. The van der Waals surface area contributed by atoms with Crippen LogP contribution in [0.4, 0.5) is 13.2 Å². The Balaban J connectivity index is 1.43. The molecule has 1 saturated heterocycles. The number of halogens is 3. The maximum absolute atomic E-state index is 13.8. The van der Waals surface area contributed by atoms with E-state index in [-0.39, 0.29) is 23.7 Å². The molecule has 4 nitrogen and oxygen atoms in total. The number of piperazine rings is 1. The summed E-state index contributed by atoms with van der Waals surface area (Å²) >= 11 is 0. The highest BCUT2D eigenvalue weighted by Gasteiger charge is 2.58. The van der Waals surface area contributed by atoms with E-state index >= 15 is 0 Å². The summed E-state index contributed by atoms with van der Waals surface area (Å²) in [6.07, 6.45) is -4.41. The second kappa shape index (κ2) is 8.49. The largest absolute Gasteiger partial charge is 0.416 e. The highest BCUT2D eigenvalue weighted by atomic mass is 19.4. The van der Waals surface area contributed by atoms with Gasteiger partial charge in [0.15, 0.2) is 17.1 Å². The van der Waals surface area contributed by atoms with E-state index in [1.807, 2.05) is 28.0 Å². The standard InChI is InChI=1S/C27H23F3N2O2/c28-27(29,30)23-13-7-4-8-19(23)18-31-14-16-32(17-15-31)26(20-9-2-1-3-10-20)24(33)21-11-5-6-12-22(21)25(26)34/h1-13H,14-18H2. The fourth-order valence-electron chi connectivity index (χ4n) is 5.20. The number of hydrogen-bond donors (Lipinski definition) is 0. The number of hydrogen-bond acceptors (Lipinski definition) is 4. The molecule has 0 N–H and O–H groups in total. The van der Waals surface area contributed by atoms with E-state index in [4.69, 9.17) is 0 Å². The number of alkyl halides is 3. The van der Waals surface area contributed by atoms with E-state index in [1.165, 1.54) is 12.1 Å². The fourth-order valence-corrected chi connectivity index (χ4v) is 5.20. The molecule has 7 heteroatoms. The Morgan fingerprint density at radius 2 is 1.24 bits per heavy atom. The van der Waals surface area contributed by atoms with Crippen molar-refractivity contribution in [2.24, 2.45) is 0 Å². The van der Waals surface area contributed by atoms with Crippen LogP contribution in [0.5, 0.6) is 0 Å². The van der Waals surface area contributed by atoms with Crippen molar-refractivity contribution in [3.05, 3.63) is 107 Å². The summed E-state index contributed by atoms with van der Waals surface area (Å²) in [7, 11) is 0. The Hall–Kier alpha value is -3.29. The van der Waals surface area contributed by atoms with Crippen LogP contribution in [0.3, 0.4) is 0 Å². The normalized spacial score (nSPS) is 18.8. The van der Waals surface area contributed by atoms with Gasteiger partial charge in [-0.05, 0) is 17.2 Å². The Morgan fingerprint density at radius 1 is 0.706 bits per heavy atom. The topological polar surface area (TPSA) is 40.6 Å². The van der Waals surface area contributed by atoms with Gasteiger partial charge in [-0.3, -0.25) is 19.4 Å². The zero-order chi connectivity index (χ0) is 23.9. The van der Waals surface area contributed by atoms with Gasteiger partial charge in [-0.25, -0.2) is 0 Å². The van der Waals surface area contributed by atoms with Gasteiger partial charge in [-0.2, -0.15) is 13.2 Å². The van der Waals surface area contributed by atoms with Crippen LogP contribution in [0.25, 0.3) is 0 Å². The first-order chi connectivity index (χ1) is 16.3. The summed E-state index contributed by atoms with van der Waals surface area (Å²) < 4.78 is 40.3. The lowest BCUT2D eigenvalue weighted by Gasteiger charge is -2.44. The lowest BCUT2D eigenvalue weighted by molar-refractivity contribution is -0.138. The number of rotatable bonds is 4. The predicted octanol–water partition coefficient (Wildman–Crippen LogP) is 4.80. The first-order valence-electron chi connectivity index (χ1n) is 11.2. The van der Waals surface area contributed by atoms with Crippen molar-refractivity contribution in [1.29, 1.82) is 0 Å². The zero-order valence-electron chi connectivity index (χ0n) is 18.4. The monoisotopic (exact) mass is 464 g/mol. The second-order valence-corrected chi connectivity index (χ2v) is 8.70. The molecule has 0 aromatic heterocycles. The molecule has 0 amide bonds. The molecule has 2 aliphatic rings. The van der Waals surface area contributed by atoms with Gasteiger partial charge in [0.25, 0.3) is 0 Å². The fraction of sp³-hybridized carbons (Fsp3) is 0.259. The summed E-state index contributed by atoms with van der Waals surface area (Å²) in [5.41, 5.74) is -0.398. The minimum atomic E-state index is -4.41. The lowest BCUT2D eigenvalue weighted by Crippen LogP contribution is -2.60. The van der Waals surface area contributed by atoms with Gasteiger partial charge in [0.1, 0.15) is 0 Å². The van der Waals surface area contributed by atoms with E-state index in [0.717, 1.165) is 6.07 Å². The van der Waals surface area contributed by atoms with Crippen LogP contribution in [0, 0.1) is 0 Å². The second-order valence-electron chi connectivity index (χ2n) is 8.70. The van der Waals surface area contributed by atoms with Crippen molar-refractivity contribution in [2.75, 3.05) is 26.2 Å². The van der Waals surface area contributed by atoms with E-state index in [1.54, 1.807) is 42.5 Å². The Morgan fingerprint density at radius 3 is 1.82 bits per heavy atom. The Labute approximate surface area is 195 Å². The van der Waals surface area contributed by atoms with Crippen LogP contribution >= 0.6 is 0 Å². The maximum Gasteiger partial charge on any atom is 0.416 e. The highest BCUT2D eigenvalue weighted by Crippen LogP contribution is 2.43. The van der Waals surface area contributed by atoms with Gasteiger partial charge in [0, 0.05) is 43.9 Å². The average molecular weight is 464 g/mol. The SMILES string of the molecule is O=C1c2ccccc2C(=O)C1(c1ccccc1)N1CCN(Cc2ccccc2C(F)(F)F)CC1. The summed E-state index contributed by atoms with van der Waals surface area (Å²) in [5.74, 6) is -0.481. The first-order valence-corrected chi connectivity index (χ1v) is 11.2. The van der Waals surface area contributed by atoms with Crippen LogP contribution in [0.2, 0.25) is 0 Å². The molecule has 1 heterocycles. The molecule has 0 atom stereocenters. The molecule has 34 heavy (non-hydrogen) atoms. The van der Waals surface area contributed by atoms with Crippen LogP contribution < -0.4 is 0 Å². The molecule has 0 radical (unpaired) electrons. The minimum Gasteiger partial charge on any atom is -0.297 e. The molecule has 3 aromatic carbocycles. The van der Waals surface area contributed by atoms with Crippen LogP contribution in [-0.2, 0) is 18.3 Å². The van der Waals surface area contributed by atoms with Gasteiger partial charge in [0.05, 0.1) is 5.56 Å². The number of nitrogens with zero attached hydrogens (tertiary/aromatic N) is 2. The van der Waals surface area contributed by atoms with Crippen molar-refractivity contribution in [2.45, 2.75) is 18.3 Å². The number of fused-ring (bicyclic) bond motifs is 1. The maximum atomic E-state index is 13.8. The van der Waals surface area contributed by atoms with E-state index in [2.05, 4.69) is 0 Å². The molecule has 0 saturated carbocycles. The van der Waals surface area contributed by atoms with E-state index in [9.17, 15) is 22.8 Å². The van der Waals surface area contributed by atoms with Gasteiger partial charge in [-0.1, -0.05) is 72.8 Å². The molecular weight excluding hydrogens is 441 g/mol. The molecule has 1 aliphatic heterocycles. The summed E-state index contributed by atoms with van der Waals surface area (Å²) in [4.78, 5) is 31.4. The van der Waals surface area contributed by atoms with E-state index < -0.39 is 17.3 Å². The number of ketones is 2. The molecule has 174 valence electrons. The Bertz CT molecular complexity index is 1200. The van der Waals surface area contributed by atoms with Crippen LogP contribution in [0.1, 0.15) is 37.4 Å². The molecule has 0 unspecified atom stereocenters. The van der Waals surface area contributed by atoms with Gasteiger partial charge >= 0.3 is 6.18 Å². The van der Waals surface area contributed by atoms with Crippen molar-refractivity contribution < 1.29 is 22.8 Å². The number of carbonyl (C=O) groups excluding carboxylic acids is 2. The number of benzene rings is 3. The van der Waals surface area contributed by atoms with Crippen molar-refractivity contribution >= 4 is 11.6 Å². The zero-order valence-corrected chi connectivity index (χ0v) is 18.4. The quantitative estimate of drug-likeness (QED) is 0.521. The van der Waals surface area contributed by atoms with Crippen LogP contribution in [-0.4, -0.2) is 47.5 Å². The smallest absolute Gasteiger partial charge is 0.297 e. The van der Waals surface area contributed by atoms with Gasteiger partial charge in [-0.15, -0.1) is 0 Å². The minimum absolute atomic E-state index is 0.157. The highest BCUT2D eigenvalue weighted by molar-refractivity contribution is 6.32. The third-order valence-electron chi connectivity index (χ3n) is 6.83. The third kappa shape index (κ3) is 3.56. The van der Waals surface area contributed by atoms with E-state index in [0.29, 0.717) is 42.9 Å².